The summed E-state index contributed by atoms with van der Waals surface area (Å²) in [6.45, 7) is 3.96. The van der Waals surface area contributed by atoms with Crippen molar-refractivity contribution in [2.75, 3.05) is 13.6 Å². The van der Waals surface area contributed by atoms with E-state index < -0.39 is 24.1 Å². The maximum absolute atomic E-state index is 12.6. The van der Waals surface area contributed by atoms with Crippen LogP contribution in [0.3, 0.4) is 0 Å². The highest BCUT2D eigenvalue weighted by Gasteiger charge is 2.43. The summed E-state index contributed by atoms with van der Waals surface area (Å²) in [5, 5.41) is 9.37. The molecular weight excluding hydrogens is 324 g/mol. The largest absolute Gasteiger partial charge is 0.480 e. The molecule has 1 aliphatic heterocycles. The lowest BCUT2D eigenvalue weighted by atomic mass is 10.0. The Bertz CT molecular complexity index is 632. The third kappa shape index (κ3) is 4.29. The number of likely N-dealkylation sites (N-methyl/N-ethyl adjacent to an activating group) is 1. The zero-order valence-electron chi connectivity index (χ0n) is 14.7. The summed E-state index contributed by atoms with van der Waals surface area (Å²) >= 11 is 0. The van der Waals surface area contributed by atoms with Crippen molar-refractivity contribution in [1.82, 2.24) is 9.80 Å². The fourth-order valence-electron chi connectivity index (χ4n) is 3.05. The normalized spacial score (nSPS) is 18.3. The van der Waals surface area contributed by atoms with E-state index in [1.165, 1.54) is 16.8 Å². The number of ether oxygens (including phenoxy) is 1. The van der Waals surface area contributed by atoms with E-state index in [2.05, 4.69) is 0 Å². The minimum Gasteiger partial charge on any atom is -0.480 e. The van der Waals surface area contributed by atoms with Gasteiger partial charge in [0.15, 0.2) is 0 Å². The van der Waals surface area contributed by atoms with Gasteiger partial charge in [0.05, 0.1) is 0 Å². The van der Waals surface area contributed by atoms with E-state index in [1.807, 2.05) is 30.3 Å². The van der Waals surface area contributed by atoms with Crippen LogP contribution in [0.25, 0.3) is 0 Å². The van der Waals surface area contributed by atoms with E-state index in [0.717, 1.165) is 5.56 Å². The van der Waals surface area contributed by atoms with Gasteiger partial charge in [-0.2, -0.15) is 0 Å². The van der Waals surface area contributed by atoms with Gasteiger partial charge in [0.25, 0.3) is 0 Å². The van der Waals surface area contributed by atoms with Crippen LogP contribution in [0, 0.1) is 5.92 Å². The van der Waals surface area contributed by atoms with Crippen molar-refractivity contribution in [3.05, 3.63) is 35.9 Å². The molecule has 0 aromatic heterocycles. The van der Waals surface area contributed by atoms with E-state index in [0.29, 0.717) is 13.0 Å². The third-order valence-corrected chi connectivity index (χ3v) is 4.39. The molecule has 2 unspecified atom stereocenters. The molecule has 1 saturated heterocycles. The number of hydrogen-bond acceptors (Lipinski definition) is 4. The second kappa shape index (κ2) is 8.00. The lowest BCUT2D eigenvalue weighted by Gasteiger charge is -2.29. The smallest absolute Gasteiger partial charge is 0.410 e. The molecule has 0 radical (unpaired) electrons. The molecule has 1 aromatic rings. The first-order valence-electron chi connectivity index (χ1n) is 8.29. The van der Waals surface area contributed by atoms with Gasteiger partial charge in [-0.1, -0.05) is 44.2 Å². The number of carbonyl (C=O) groups excluding carboxylic acids is 2. The van der Waals surface area contributed by atoms with Crippen LogP contribution in [-0.2, 0) is 20.9 Å². The molecule has 7 heteroatoms. The first kappa shape index (κ1) is 18.8. The highest BCUT2D eigenvalue weighted by molar-refractivity contribution is 5.91. The van der Waals surface area contributed by atoms with E-state index in [-0.39, 0.29) is 18.4 Å². The molecule has 0 bridgehead atoms. The second-order valence-corrected chi connectivity index (χ2v) is 6.51. The van der Waals surface area contributed by atoms with Crippen LogP contribution in [-0.4, -0.2) is 58.6 Å². The standard InChI is InChI=1S/C18H24N2O5/c1-12(2)15(17(22)23)20-10-9-14(16(20)21)19(3)18(24)25-11-13-7-5-4-6-8-13/h4-8,12,14-15H,9-11H2,1-3H3,(H,22,23). The van der Waals surface area contributed by atoms with Crippen molar-refractivity contribution >= 4 is 18.0 Å². The number of nitrogens with zero attached hydrogens (tertiary/aromatic N) is 2. The number of aliphatic carboxylic acids is 1. The monoisotopic (exact) mass is 348 g/mol. The van der Waals surface area contributed by atoms with E-state index in [4.69, 9.17) is 4.74 Å². The lowest BCUT2D eigenvalue weighted by molar-refractivity contribution is -0.151. The number of carboxylic acid groups (broad SMARTS) is 1. The van der Waals surface area contributed by atoms with Gasteiger partial charge in [0.2, 0.25) is 5.91 Å². The first-order valence-corrected chi connectivity index (χ1v) is 8.29. The highest BCUT2D eigenvalue weighted by atomic mass is 16.6. The minimum absolute atomic E-state index is 0.123. The Morgan fingerprint density at radius 3 is 2.52 bits per heavy atom. The van der Waals surface area contributed by atoms with Crippen LogP contribution in [0.15, 0.2) is 30.3 Å². The van der Waals surface area contributed by atoms with Gasteiger partial charge in [0.1, 0.15) is 18.7 Å². The van der Waals surface area contributed by atoms with Crippen LogP contribution < -0.4 is 0 Å². The topological polar surface area (TPSA) is 87.2 Å². The molecule has 0 spiro atoms. The number of amides is 2. The predicted molar refractivity (Wildman–Crippen MR) is 90.8 cm³/mol. The van der Waals surface area contributed by atoms with Crippen LogP contribution >= 0.6 is 0 Å². The van der Waals surface area contributed by atoms with Gasteiger partial charge in [0, 0.05) is 13.6 Å². The molecule has 0 saturated carbocycles. The molecule has 0 aliphatic carbocycles. The molecule has 2 rings (SSSR count). The Hall–Kier alpha value is -2.57. The maximum atomic E-state index is 12.6. The van der Waals surface area contributed by atoms with E-state index in [1.54, 1.807) is 13.8 Å². The number of rotatable bonds is 6. The molecule has 1 aliphatic rings. The molecule has 2 amide bonds. The third-order valence-electron chi connectivity index (χ3n) is 4.39. The van der Waals surface area contributed by atoms with Gasteiger partial charge in [-0.15, -0.1) is 0 Å². The molecule has 1 heterocycles. The van der Waals surface area contributed by atoms with E-state index in [9.17, 15) is 19.5 Å². The van der Waals surface area contributed by atoms with Crippen LogP contribution in [0.2, 0.25) is 0 Å². The molecule has 1 N–H and O–H groups in total. The minimum atomic E-state index is -1.03. The van der Waals surface area contributed by atoms with Gasteiger partial charge in [-0.05, 0) is 17.9 Å². The van der Waals surface area contributed by atoms with Crippen LogP contribution in [0.5, 0.6) is 0 Å². The lowest BCUT2D eigenvalue weighted by Crippen LogP contribution is -2.49. The van der Waals surface area contributed by atoms with Crippen molar-refractivity contribution in [2.45, 2.75) is 39.0 Å². The predicted octanol–water partition coefficient (Wildman–Crippen LogP) is 1.97. The first-order chi connectivity index (χ1) is 11.8. The summed E-state index contributed by atoms with van der Waals surface area (Å²) in [6, 6.07) is 7.68. The Morgan fingerprint density at radius 1 is 1.32 bits per heavy atom. The Labute approximate surface area is 147 Å². The number of benzene rings is 1. The summed E-state index contributed by atoms with van der Waals surface area (Å²) < 4.78 is 5.24. The van der Waals surface area contributed by atoms with Gasteiger partial charge < -0.3 is 14.7 Å². The van der Waals surface area contributed by atoms with Crippen molar-refractivity contribution in [1.29, 1.82) is 0 Å². The molecule has 136 valence electrons. The number of hydrogen-bond donors (Lipinski definition) is 1. The average molecular weight is 348 g/mol. The van der Waals surface area contributed by atoms with Gasteiger partial charge >= 0.3 is 12.1 Å². The molecule has 1 fully saturated rings. The highest BCUT2D eigenvalue weighted by Crippen LogP contribution is 2.23. The Balaban J connectivity index is 1.98. The molecule has 2 atom stereocenters. The molecule has 25 heavy (non-hydrogen) atoms. The molecular formula is C18H24N2O5. The average Bonchev–Trinajstić information content (AvgIpc) is 2.93. The fourth-order valence-corrected chi connectivity index (χ4v) is 3.05. The summed E-state index contributed by atoms with van der Waals surface area (Å²) in [5.74, 6) is -1.59. The summed E-state index contributed by atoms with van der Waals surface area (Å²) in [5.41, 5.74) is 0.856. The number of likely N-dealkylation sites (tertiary alicyclic amines) is 1. The maximum Gasteiger partial charge on any atom is 0.410 e. The SMILES string of the molecule is CC(C)C(C(=O)O)N1CCC(N(C)C(=O)OCc2ccccc2)C1=O. The van der Waals surface area contributed by atoms with Crippen LogP contribution in [0.1, 0.15) is 25.8 Å². The summed E-state index contributed by atoms with van der Waals surface area (Å²) in [6.07, 6.45) is -0.202. The summed E-state index contributed by atoms with van der Waals surface area (Å²) in [4.78, 5) is 38.8. The van der Waals surface area contributed by atoms with Gasteiger partial charge in [-0.3, -0.25) is 9.69 Å². The van der Waals surface area contributed by atoms with Crippen LogP contribution in [0.4, 0.5) is 4.79 Å². The van der Waals surface area contributed by atoms with Crippen molar-refractivity contribution < 1.29 is 24.2 Å². The zero-order chi connectivity index (χ0) is 18.6. The summed E-state index contributed by atoms with van der Waals surface area (Å²) in [7, 11) is 1.50. The van der Waals surface area contributed by atoms with E-state index >= 15 is 0 Å². The molecule has 7 nitrogen and oxygen atoms in total. The zero-order valence-corrected chi connectivity index (χ0v) is 14.7. The number of carbonyl (C=O) groups is 3. The Morgan fingerprint density at radius 2 is 1.96 bits per heavy atom. The Kier molecular flexibility index (Phi) is 6.01. The molecule has 1 aromatic carbocycles. The van der Waals surface area contributed by atoms with Gasteiger partial charge in [-0.25, -0.2) is 9.59 Å². The fraction of sp³-hybridized carbons (Fsp3) is 0.500. The van der Waals surface area contributed by atoms with Crippen molar-refractivity contribution in [3.8, 4) is 0 Å². The second-order valence-electron chi connectivity index (χ2n) is 6.51. The number of carboxylic acids is 1. The quantitative estimate of drug-likeness (QED) is 0.849. The van der Waals surface area contributed by atoms with Crippen molar-refractivity contribution in [3.63, 3.8) is 0 Å². The van der Waals surface area contributed by atoms with Crippen molar-refractivity contribution in [2.24, 2.45) is 5.92 Å².